The molecule has 0 amide bonds. The van der Waals surface area contributed by atoms with Gasteiger partial charge in [-0.1, -0.05) is 0 Å². The van der Waals surface area contributed by atoms with E-state index in [2.05, 4.69) is 5.10 Å². The van der Waals surface area contributed by atoms with Gasteiger partial charge in [0, 0.05) is 24.4 Å². The number of aliphatic carboxylic acids is 1. The van der Waals surface area contributed by atoms with E-state index in [1.54, 1.807) is 17.6 Å². The van der Waals surface area contributed by atoms with Gasteiger partial charge in [0.25, 0.3) is 5.56 Å². The average molecular weight is 235 g/mol. The Labute approximate surface area is 97.1 Å². The first-order chi connectivity index (χ1) is 8.02. The van der Waals surface area contributed by atoms with Crippen LogP contribution in [0.5, 0.6) is 0 Å². The highest BCUT2D eigenvalue weighted by Gasteiger charge is 2.12. The van der Waals surface area contributed by atoms with Crippen LogP contribution in [-0.2, 0) is 17.8 Å². The Hall–Kier alpha value is -2.11. The van der Waals surface area contributed by atoms with Crippen LogP contribution in [0.2, 0.25) is 0 Å². The number of aromatic nitrogens is 3. The molecule has 0 aliphatic carbocycles. The van der Waals surface area contributed by atoms with Crippen LogP contribution >= 0.6 is 0 Å². The minimum Gasteiger partial charge on any atom is -0.481 e. The molecule has 0 aliphatic heterocycles. The van der Waals surface area contributed by atoms with Gasteiger partial charge in [-0.15, -0.1) is 0 Å². The smallest absolute Gasteiger partial charge is 0.309 e. The molecule has 2 heterocycles. The highest BCUT2D eigenvalue weighted by Crippen LogP contribution is 2.08. The molecule has 2 aromatic heterocycles. The van der Waals surface area contributed by atoms with E-state index in [1.807, 2.05) is 6.92 Å². The molecule has 6 nitrogen and oxygen atoms in total. The van der Waals surface area contributed by atoms with E-state index in [4.69, 9.17) is 5.11 Å². The molecule has 17 heavy (non-hydrogen) atoms. The molecule has 0 bridgehead atoms. The Morgan fingerprint density at radius 2 is 2.18 bits per heavy atom. The lowest BCUT2D eigenvalue weighted by molar-refractivity contribution is -0.136. The molecule has 2 aromatic rings. The van der Waals surface area contributed by atoms with Gasteiger partial charge in [-0.3, -0.25) is 9.59 Å². The average Bonchev–Trinajstić information content (AvgIpc) is 2.60. The third kappa shape index (κ3) is 1.93. The quantitative estimate of drug-likeness (QED) is 0.838. The first-order valence-corrected chi connectivity index (χ1v) is 5.34. The van der Waals surface area contributed by atoms with Crippen LogP contribution in [0.1, 0.15) is 18.3 Å². The molecule has 2 rings (SSSR count). The fourth-order valence-corrected chi connectivity index (χ4v) is 1.94. The standard InChI is InChI=1S/C11H13N3O3/c1-3-13-8(6-11(16)17)5-10(15)14-9(13)4-7(2)12-14/h4-5H,3,6H2,1-2H3,(H,16,17). The Morgan fingerprint density at radius 3 is 2.76 bits per heavy atom. The lowest BCUT2D eigenvalue weighted by atomic mass is 10.3. The highest BCUT2D eigenvalue weighted by atomic mass is 16.4. The first-order valence-electron chi connectivity index (χ1n) is 5.34. The maximum atomic E-state index is 11.8. The van der Waals surface area contributed by atoms with Gasteiger partial charge < -0.3 is 9.67 Å². The van der Waals surface area contributed by atoms with Crippen molar-refractivity contribution in [2.75, 3.05) is 0 Å². The minimum atomic E-state index is -0.952. The molecule has 0 saturated carbocycles. The van der Waals surface area contributed by atoms with Crippen molar-refractivity contribution in [1.29, 1.82) is 0 Å². The number of carboxylic acid groups (broad SMARTS) is 1. The second-order valence-electron chi connectivity index (χ2n) is 3.84. The van der Waals surface area contributed by atoms with Crippen molar-refractivity contribution >= 4 is 11.6 Å². The summed E-state index contributed by atoms with van der Waals surface area (Å²) in [5.74, 6) is -0.952. The summed E-state index contributed by atoms with van der Waals surface area (Å²) >= 11 is 0. The molecule has 0 fully saturated rings. The van der Waals surface area contributed by atoms with E-state index in [0.29, 0.717) is 17.9 Å². The summed E-state index contributed by atoms with van der Waals surface area (Å²) in [7, 11) is 0. The fraction of sp³-hybridized carbons (Fsp3) is 0.364. The van der Waals surface area contributed by atoms with Gasteiger partial charge in [0.05, 0.1) is 12.1 Å². The van der Waals surface area contributed by atoms with E-state index in [1.165, 1.54) is 10.6 Å². The Balaban J connectivity index is 2.76. The summed E-state index contributed by atoms with van der Waals surface area (Å²) < 4.78 is 3.08. The predicted octanol–water partition coefficient (Wildman–Crippen LogP) is 0.451. The molecule has 0 atom stereocenters. The maximum absolute atomic E-state index is 11.8. The van der Waals surface area contributed by atoms with E-state index in [9.17, 15) is 9.59 Å². The van der Waals surface area contributed by atoms with Crippen LogP contribution < -0.4 is 5.56 Å². The molecule has 6 heteroatoms. The van der Waals surface area contributed by atoms with Crippen molar-refractivity contribution in [2.24, 2.45) is 0 Å². The van der Waals surface area contributed by atoms with Gasteiger partial charge >= 0.3 is 5.97 Å². The second-order valence-corrected chi connectivity index (χ2v) is 3.84. The third-order valence-corrected chi connectivity index (χ3v) is 2.58. The summed E-state index contributed by atoms with van der Waals surface area (Å²) in [6, 6.07) is 3.10. The van der Waals surface area contributed by atoms with Crippen LogP contribution in [0.4, 0.5) is 0 Å². The Kier molecular flexibility index (Phi) is 2.71. The number of rotatable bonds is 3. The summed E-state index contributed by atoms with van der Waals surface area (Å²) in [6.45, 7) is 4.29. The predicted molar refractivity (Wildman–Crippen MR) is 61.2 cm³/mol. The van der Waals surface area contributed by atoms with E-state index in [-0.39, 0.29) is 12.0 Å². The number of aryl methyl sites for hydroxylation is 2. The molecule has 1 N–H and O–H groups in total. The van der Waals surface area contributed by atoms with Crippen molar-refractivity contribution in [3.8, 4) is 0 Å². The van der Waals surface area contributed by atoms with Crippen molar-refractivity contribution < 1.29 is 9.90 Å². The number of fused-ring (bicyclic) bond motifs is 1. The summed E-state index contributed by atoms with van der Waals surface area (Å²) in [6.07, 6.45) is -0.163. The zero-order chi connectivity index (χ0) is 12.6. The molecule has 0 radical (unpaired) electrons. The molecule has 90 valence electrons. The van der Waals surface area contributed by atoms with Crippen molar-refractivity contribution in [2.45, 2.75) is 26.8 Å². The largest absolute Gasteiger partial charge is 0.481 e. The number of carboxylic acids is 1. The van der Waals surface area contributed by atoms with Crippen LogP contribution in [0.15, 0.2) is 16.9 Å². The molecule has 0 saturated heterocycles. The van der Waals surface area contributed by atoms with Crippen LogP contribution in [-0.4, -0.2) is 25.3 Å². The van der Waals surface area contributed by atoms with E-state index in [0.717, 1.165) is 5.69 Å². The second kappa shape index (κ2) is 4.04. The van der Waals surface area contributed by atoms with Gasteiger partial charge in [0.1, 0.15) is 5.65 Å². The number of carbonyl (C=O) groups is 1. The molecule has 0 unspecified atom stereocenters. The number of hydrogen-bond acceptors (Lipinski definition) is 3. The third-order valence-electron chi connectivity index (χ3n) is 2.58. The molecule has 0 aliphatic rings. The van der Waals surface area contributed by atoms with Gasteiger partial charge in [-0.25, -0.2) is 0 Å². The van der Waals surface area contributed by atoms with E-state index >= 15 is 0 Å². The van der Waals surface area contributed by atoms with Gasteiger partial charge in [-0.05, 0) is 13.8 Å². The summed E-state index contributed by atoms with van der Waals surface area (Å²) in [5.41, 5.74) is 1.57. The lowest BCUT2D eigenvalue weighted by Crippen LogP contribution is -2.22. The first kappa shape index (κ1) is 11.4. The fourth-order valence-electron chi connectivity index (χ4n) is 1.94. The molecular weight excluding hydrogens is 222 g/mol. The SMILES string of the molecule is CCn1c(CC(=O)O)cc(=O)n2nc(C)cc12. The number of hydrogen-bond donors (Lipinski definition) is 1. The minimum absolute atomic E-state index is 0.163. The monoisotopic (exact) mass is 235 g/mol. The summed E-state index contributed by atoms with van der Waals surface area (Å²) in [4.78, 5) is 22.5. The zero-order valence-corrected chi connectivity index (χ0v) is 9.67. The van der Waals surface area contributed by atoms with Crippen molar-refractivity contribution in [3.05, 3.63) is 33.9 Å². The Bertz CT molecular complexity index is 639. The van der Waals surface area contributed by atoms with Crippen LogP contribution in [0.3, 0.4) is 0 Å². The zero-order valence-electron chi connectivity index (χ0n) is 9.67. The normalized spacial score (nSPS) is 10.9. The van der Waals surface area contributed by atoms with Gasteiger partial charge in [-0.2, -0.15) is 9.61 Å². The summed E-state index contributed by atoms with van der Waals surface area (Å²) in [5, 5.41) is 12.9. The molecule has 0 aromatic carbocycles. The lowest BCUT2D eigenvalue weighted by Gasteiger charge is -2.11. The Morgan fingerprint density at radius 1 is 1.47 bits per heavy atom. The van der Waals surface area contributed by atoms with Crippen molar-refractivity contribution in [1.82, 2.24) is 14.2 Å². The van der Waals surface area contributed by atoms with Crippen molar-refractivity contribution in [3.63, 3.8) is 0 Å². The van der Waals surface area contributed by atoms with E-state index < -0.39 is 5.97 Å². The van der Waals surface area contributed by atoms with Gasteiger partial charge in [0.15, 0.2) is 0 Å². The molecule has 0 spiro atoms. The number of nitrogens with zero attached hydrogens (tertiary/aromatic N) is 3. The topological polar surface area (TPSA) is 76.6 Å². The van der Waals surface area contributed by atoms with Crippen LogP contribution in [0, 0.1) is 6.92 Å². The van der Waals surface area contributed by atoms with Gasteiger partial charge in [0.2, 0.25) is 0 Å². The highest BCUT2D eigenvalue weighted by molar-refractivity contribution is 5.69. The maximum Gasteiger partial charge on any atom is 0.309 e. The molecular formula is C11H13N3O3. The van der Waals surface area contributed by atoms with Crippen LogP contribution in [0.25, 0.3) is 5.65 Å².